The van der Waals surface area contributed by atoms with E-state index >= 15 is 0 Å². The SMILES string of the molecule is C[Si](C)(C)c1ccc(N(c2ccccc2)c2ccc3c(c2)sc2c4ccc(N(c5ccc6oc7ccccc7c6c5)c5ccccc5-c5ccccc5)cc4c4ccccc4c32)cc1.C[Si](C)(C)c1ccc(N(c2ccccc2)c2ccc3c(c2)sc2c4ccc(N(c5ccccc5)c5ccc6oc7ccccc7c6c5)cc4c4ccccc4c32)cc1. The molecule has 23 aromatic rings. The van der Waals surface area contributed by atoms with Crippen LogP contribution in [0.4, 0.5) is 68.2 Å². The molecule has 0 saturated heterocycles. The molecule has 4 heterocycles. The summed E-state index contributed by atoms with van der Waals surface area (Å²) in [5, 5.41) is 22.7. The minimum Gasteiger partial charge on any atom is -0.456 e. The molecule has 584 valence electrons. The van der Waals surface area contributed by atoms with Gasteiger partial charge in [0.1, 0.15) is 22.3 Å². The maximum Gasteiger partial charge on any atom is 0.135 e. The second-order valence-corrected chi connectivity index (χ2v) is 46.2. The number of para-hydroxylation sites is 6. The van der Waals surface area contributed by atoms with Crippen LogP contribution in [-0.4, -0.2) is 16.1 Å². The maximum absolute atomic E-state index is 6.33. The number of thiophene rings is 2. The van der Waals surface area contributed by atoms with Crippen LogP contribution in [0, 0.1) is 0 Å². The Labute approximate surface area is 718 Å². The Kier molecular flexibility index (Phi) is 18.2. The van der Waals surface area contributed by atoms with Crippen LogP contribution in [0.25, 0.3) is 138 Å². The van der Waals surface area contributed by atoms with Crippen molar-refractivity contribution in [2.45, 2.75) is 39.3 Å². The second kappa shape index (κ2) is 30.0. The molecule has 0 aliphatic rings. The summed E-state index contributed by atoms with van der Waals surface area (Å²) in [4.78, 5) is 9.58. The fraction of sp³-hybridized carbons (Fsp3) is 0.0536. The summed E-state index contributed by atoms with van der Waals surface area (Å²) in [5.74, 6) is 0. The Morgan fingerprint density at radius 1 is 0.205 bits per heavy atom. The molecule has 0 atom stereocenters. The quantitative estimate of drug-likeness (QED) is 0.0752. The van der Waals surface area contributed by atoms with Crippen molar-refractivity contribution in [2.75, 3.05) is 19.6 Å². The van der Waals surface area contributed by atoms with Crippen molar-refractivity contribution >= 4 is 245 Å². The van der Waals surface area contributed by atoms with Gasteiger partial charge in [-0.25, -0.2) is 0 Å². The molecule has 0 amide bonds. The molecule has 6 nitrogen and oxygen atoms in total. The number of hydrogen-bond acceptors (Lipinski definition) is 8. The molecule has 0 aliphatic heterocycles. The highest BCUT2D eigenvalue weighted by atomic mass is 32.1. The summed E-state index contributed by atoms with van der Waals surface area (Å²) in [6, 6.07) is 146. The second-order valence-electron chi connectivity index (χ2n) is 33.9. The van der Waals surface area contributed by atoms with Crippen LogP contribution in [0.2, 0.25) is 39.3 Å². The van der Waals surface area contributed by atoms with E-state index in [2.05, 4.69) is 435 Å². The van der Waals surface area contributed by atoms with E-state index in [0.29, 0.717) is 0 Å². The number of benzene rings is 19. The largest absolute Gasteiger partial charge is 0.456 e. The molecule has 4 aromatic heterocycles. The Hall–Kier alpha value is -14.1. The standard InChI is InChI=1S/C59H44N2OSSi.C53H40N2OSSi/c1-64(2,3)45-31-26-41(27-32-45)60(40-18-8-5-9-19-40)44-29-34-51-57(38-44)63-59-50-33-28-42(36-52(50)47-21-10-11-23-49(47)58(51)59)61(54-24-14-12-20-46(54)39-16-6-4-7-17-39)43-30-35-56-53(37-43)48-22-13-15-25-55(48)62-56;1-58(2,3)41-27-22-37(23-28-41)54(35-14-6-4-7-15-35)40-25-30-46-51(34-40)57-53-45-29-24-38(32-47(45)42-18-10-11-20-44(42)52(46)53)55(36-16-8-5-9-17-36)39-26-31-50-48(33-39)43-19-12-13-21-49(43)56-50/h4-38H,1-3H3;4-34H,1-3H3. The molecule has 10 heteroatoms. The summed E-state index contributed by atoms with van der Waals surface area (Å²) in [6.07, 6.45) is 0. The predicted octanol–water partition coefficient (Wildman–Crippen LogP) is 33.2. The molecule has 0 saturated carbocycles. The van der Waals surface area contributed by atoms with Crippen LogP contribution >= 0.6 is 22.7 Å². The van der Waals surface area contributed by atoms with Gasteiger partial charge >= 0.3 is 0 Å². The van der Waals surface area contributed by atoms with Gasteiger partial charge in [-0.15, -0.1) is 22.7 Å². The van der Waals surface area contributed by atoms with Crippen LogP contribution < -0.4 is 30.0 Å². The van der Waals surface area contributed by atoms with Gasteiger partial charge in [-0.3, -0.25) is 0 Å². The molecule has 23 rings (SSSR count). The zero-order valence-corrected chi connectivity index (χ0v) is 72.2. The molecule has 0 bridgehead atoms. The van der Waals surface area contributed by atoms with E-state index in [4.69, 9.17) is 8.83 Å². The normalized spacial score (nSPS) is 12.0. The average molecular weight is 1640 g/mol. The van der Waals surface area contributed by atoms with Crippen molar-refractivity contribution in [3.8, 4) is 11.1 Å². The third-order valence-corrected chi connectivity index (χ3v) is 30.8. The molecule has 19 aromatic carbocycles. The molecular weight excluding hydrogens is 1550 g/mol. The van der Waals surface area contributed by atoms with Crippen molar-refractivity contribution in [1.82, 2.24) is 0 Å². The topological polar surface area (TPSA) is 39.2 Å². The van der Waals surface area contributed by atoms with Crippen molar-refractivity contribution in [2.24, 2.45) is 0 Å². The minimum absolute atomic E-state index is 0.882. The fourth-order valence-electron chi connectivity index (χ4n) is 18.4. The van der Waals surface area contributed by atoms with Gasteiger partial charge in [0.2, 0.25) is 0 Å². The molecule has 0 unspecified atom stereocenters. The lowest BCUT2D eigenvalue weighted by atomic mass is 9.96. The number of nitrogens with zero attached hydrogens (tertiary/aromatic N) is 4. The van der Waals surface area contributed by atoms with Gasteiger partial charge in [0.05, 0.1) is 21.8 Å². The van der Waals surface area contributed by atoms with Gasteiger partial charge in [0.15, 0.2) is 0 Å². The Balaban J connectivity index is 0.000000146. The summed E-state index contributed by atoms with van der Waals surface area (Å²) in [5.41, 5.74) is 19.4. The molecule has 0 fully saturated rings. The van der Waals surface area contributed by atoms with Gasteiger partial charge < -0.3 is 28.4 Å². The molecule has 0 spiro atoms. The van der Waals surface area contributed by atoms with Crippen LogP contribution in [0.1, 0.15) is 0 Å². The zero-order valence-electron chi connectivity index (χ0n) is 68.5. The van der Waals surface area contributed by atoms with Crippen molar-refractivity contribution in [1.29, 1.82) is 0 Å². The van der Waals surface area contributed by atoms with Crippen LogP contribution in [0.5, 0.6) is 0 Å². The Morgan fingerprint density at radius 2 is 0.500 bits per heavy atom. The summed E-state index contributed by atoms with van der Waals surface area (Å²) in [7, 11) is -2.89. The highest BCUT2D eigenvalue weighted by Gasteiger charge is 2.27. The van der Waals surface area contributed by atoms with Crippen molar-refractivity contribution in [3.63, 3.8) is 0 Å². The molecule has 0 radical (unpaired) electrons. The van der Waals surface area contributed by atoms with Gasteiger partial charge in [0.25, 0.3) is 0 Å². The van der Waals surface area contributed by atoms with Gasteiger partial charge in [-0.1, -0.05) is 286 Å². The Morgan fingerprint density at radius 3 is 0.918 bits per heavy atom. The summed E-state index contributed by atoms with van der Waals surface area (Å²) in [6.45, 7) is 14.4. The molecule has 0 aliphatic carbocycles. The first-order chi connectivity index (χ1) is 59.8. The fourth-order valence-corrected chi connectivity index (χ4v) is 23.3. The average Bonchev–Trinajstić information content (AvgIpc) is 1.56. The first-order valence-electron chi connectivity index (χ1n) is 41.9. The minimum atomic E-state index is -1.45. The number of hydrogen-bond donors (Lipinski definition) is 0. The lowest BCUT2D eigenvalue weighted by Crippen LogP contribution is -2.37. The van der Waals surface area contributed by atoms with Crippen molar-refractivity contribution < 1.29 is 8.83 Å². The van der Waals surface area contributed by atoms with Gasteiger partial charge in [-0.2, -0.15) is 0 Å². The smallest absolute Gasteiger partial charge is 0.135 e. The number of anilines is 12. The first-order valence-corrected chi connectivity index (χ1v) is 50.5. The summed E-state index contributed by atoms with van der Waals surface area (Å²) < 4.78 is 17.7. The van der Waals surface area contributed by atoms with Gasteiger partial charge in [0, 0.05) is 141 Å². The summed E-state index contributed by atoms with van der Waals surface area (Å²) >= 11 is 3.80. The third-order valence-electron chi connectivity index (χ3n) is 24.3. The van der Waals surface area contributed by atoms with Crippen molar-refractivity contribution in [3.05, 3.63) is 400 Å². The highest BCUT2D eigenvalue weighted by Crippen LogP contribution is 2.52. The molecular formula is C112H84N4O2S2Si2. The van der Waals surface area contributed by atoms with E-state index in [0.717, 1.165) is 112 Å². The van der Waals surface area contributed by atoms with E-state index in [9.17, 15) is 0 Å². The lowest BCUT2D eigenvalue weighted by Gasteiger charge is -2.28. The number of fused-ring (bicyclic) bond motifs is 22. The first kappa shape index (κ1) is 74.2. The van der Waals surface area contributed by atoms with Gasteiger partial charge in [-0.05, 0) is 202 Å². The van der Waals surface area contributed by atoms with Crippen LogP contribution in [-0.2, 0) is 0 Å². The third kappa shape index (κ3) is 13.0. The monoisotopic (exact) mass is 1640 g/mol. The van der Waals surface area contributed by atoms with E-state index in [1.807, 2.05) is 46.9 Å². The van der Waals surface area contributed by atoms with E-state index < -0.39 is 16.1 Å². The van der Waals surface area contributed by atoms with E-state index in [1.54, 1.807) is 0 Å². The van der Waals surface area contributed by atoms with Crippen LogP contribution in [0.3, 0.4) is 0 Å². The predicted molar refractivity (Wildman–Crippen MR) is 533 cm³/mol. The Bertz CT molecular complexity index is 7990. The lowest BCUT2D eigenvalue weighted by molar-refractivity contribution is 0.668. The van der Waals surface area contributed by atoms with E-state index in [1.165, 1.54) is 105 Å². The molecule has 0 N–H and O–H groups in total. The van der Waals surface area contributed by atoms with E-state index in [-0.39, 0.29) is 0 Å². The maximum atomic E-state index is 6.33. The zero-order chi connectivity index (χ0) is 81.9. The highest BCUT2D eigenvalue weighted by molar-refractivity contribution is 7.27. The number of rotatable bonds is 15. The number of furan rings is 2. The van der Waals surface area contributed by atoms with Crippen LogP contribution in [0.15, 0.2) is 409 Å². The molecule has 122 heavy (non-hydrogen) atoms.